The predicted molar refractivity (Wildman–Crippen MR) is 98.3 cm³/mol. The molecule has 0 aromatic heterocycles. The fourth-order valence-electron chi connectivity index (χ4n) is 3.15. The zero-order valence-corrected chi connectivity index (χ0v) is 14.2. The molecule has 0 aliphatic carbocycles. The summed E-state index contributed by atoms with van der Waals surface area (Å²) in [6, 6.07) is 13.1. The van der Waals surface area contributed by atoms with Crippen LogP contribution in [0, 0.1) is 5.41 Å². The molecular weight excluding hydrogens is 339 g/mol. The molecular formula is C20H20F3N3. The summed E-state index contributed by atoms with van der Waals surface area (Å²) >= 11 is 0. The number of nitrogens with one attached hydrogen (secondary N) is 1. The van der Waals surface area contributed by atoms with Crippen molar-refractivity contribution in [2.75, 3.05) is 18.0 Å². The zero-order valence-electron chi connectivity index (χ0n) is 14.2. The minimum atomic E-state index is -4.34. The Morgan fingerprint density at radius 3 is 2.19 bits per heavy atom. The van der Waals surface area contributed by atoms with E-state index >= 15 is 0 Å². The van der Waals surface area contributed by atoms with E-state index in [-0.39, 0.29) is 11.4 Å². The van der Waals surface area contributed by atoms with Crippen molar-refractivity contribution in [3.05, 3.63) is 70.8 Å². The van der Waals surface area contributed by atoms with Gasteiger partial charge in [0.25, 0.3) is 0 Å². The van der Waals surface area contributed by atoms with Gasteiger partial charge in [0.05, 0.1) is 5.56 Å². The molecule has 26 heavy (non-hydrogen) atoms. The van der Waals surface area contributed by atoms with E-state index in [1.54, 1.807) is 12.1 Å². The second-order valence-corrected chi connectivity index (χ2v) is 6.34. The first-order valence-electron chi connectivity index (χ1n) is 8.39. The van der Waals surface area contributed by atoms with Crippen LogP contribution >= 0.6 is 0 Å². The number of nitrogens with two attached hydrogens (primary N) is 1. The molecule has 0 saturated carbocycles. The topological polar surface area (TPSA) is 53.1 Å². The summed E-state index contributed by atoms with van der Waals surface area (Å²) in [4.78, 5) is 2.19. The first-order chi connectivity index (χ1) is 12.3. The van der Waals surface area contributed by atoms with Crippen LogP contribution in [-0.4, -0.2) is 18.9 Å². The smallest absolute Gasteiger partial charge is 0.384 e. The van der Waals surface area contributed by atoms with Gasteiger partial charge >= 0.3 is 6.18 Å². The van der Waals surface area contributed by atoms with E-state index in [1.165, 1.54) is 12.1 Å². The van der Waals surface area contributed by atoms with Crippen molar-refractivity contribution >= 4 is 17.6 Å². The molecule has 136 valence electrons. The highest BCUT2D eigenvalue weighted by atomic mass is 19.4. The molecule has 0 bridgehead atoms. The van der Waals surface area contributed by atoms with E-state index < -0.39 is 11.7 Å². The Kier molecular flexibility index (Phi) is 5.02. The second-order valence-electron chi connectivity index (χ2n) is 6.34. The van der Waals surface area contributed by atoms with Crippen molar-refractivity contribution in [3.8, 4) is 0 Å². The van der Waals surface area contributed by atoms with Crippen LogP contribution in [0.4, 0.5) is 18.9 Å². The Morgan fingerprint density at radius 1 is 1.00 bits per heavy atom. The third-order valence-corrected chi connectivity index (χ3v) is 4.57. The standard InChI is InChI=1S/C20H20F3N3/c21-20(22,23)18-4-2-1-3-16(18)13-14-9-11-26(12-10-14)17-7-5-15(6-8-17)19(24)25/h1-8,13H,9-12H2,(H3,24,25). The minimum absolute atomic E-state index is 0.0312. The van der Waals surface area contributed by atoms with Gasteiger partial charge in [-0.3, -0.25) is 5.41 Å². The summed E-state index contributed by atoms with van der Waals surface area (Å²) < 4.78 is 39.3. The lowest BCUT2D eigenvalue weighted by Crippen LogP contribution is -2.30. The molecule has 0 radical (unpaired) electrons. The Bertz CT molecular complexity index is 813. The van der Waals surface area contributed by atoms with E-state index in [1.807, 2.05) is 24.3 Å². The second kappa shape index (κ2) is 7.23. The van der Waals surface area contributed by atoms with Gasteiger partial charge in [-0.2, -0.15) is 13.2 Å². The van der Waals surface area contributed by atoms with Crippen LogP contribution in [0.2, 0.25) is 0 Å². The number of hydrogen-bond acceptors (Lipinski definition) is 2. The number of nitrogens with zero attached hydrogens (tertiary/aromatic N) is 1. The van der Waals surface area contributed by atoms with Gasteiger partial charge in [-0.05, 0) is 48.7 Å². The lowest BCUT2D eigenvalue weighted by molar-refractivity contribution is -0.137. The molecule has 1 aliphatic rings. The van der Waals surface area contributed by atoms with Crippen LogP contribution in [0.3, 0.4) is 0 Å². The molecule has 0 atom stereocenters. The summed E-state index contributed by atoms with van der Waals surface area (Å²) in [5.74, 6) is 0.0312. The fraction of sp³-hybridized carbons (Fsp3) is 0.250. The van der Waals surface area contributed by atoms with E-state index in [0.717, 1.165) is 43.3 Å². The molecule has 3 N–H and O–H groups in total. The third kappa shape index (κ3) is 4.07. The summed E-state index contributed by atoms with van der Waals surface area (Å²) in [6.07, 6.45) is -1.22. The van der Waals surface area contributed by atoms with Gasteiger partial charge in [0.1, 0.15) is 5.84 Å². The van der Waals surface area contributed by atoms with E-state index in [9.17, 15) is 13.2 Å². The molecule has 1 saturated heterocycles. The fourth-order valence-corrected chi connectivity index (χ4v) is 3.15. The summed E-state index contributed by atoms with van der Waals surface area (Å²) in [5.41, 5.74) is 7.84. The normalized spacial score (nSPS) is 15.0. The highest BCUT2D eigenvalue weighted by Gasteiger charge is 2.32. The van der Waals surface area contributed by atoms with Crippen molar-refractivity contribution in [3.63, 3.8) is 0 Å². The largest absolute Gasteiger partial charge is 0.416 e. The van der Waals surface area contributed by atoms with Crippen LogP contribution in [0.1, 0.15) is 29.5 Å². The number of halogens is 3. The van der Waals surface area contributed by atoms with Gasteiger partial charge in [0.15, 0.2) is 0 Å². The maximum atomic E-state index is 13.1. The number of benzene rings is 2. The quantitative estimate of drug-likeness (QED) is 0.618. The molecule has 1 fully saturated rings. The number of alkyl halides is 3. The van der Waals surface area contributed by atoms with Crippen molar-refractivity contribution in [2.45, 2.75) is 19.0 Å². The van der Waals surface area contributed by atoms with E-state index in [0.29, 0.717) is 5.56 Å². The van der Waals surface area contributed by atoms with Crippen molar-refractivity contribution < 1.29 is 13.2 Å². The summed E-state index contributed by atoms with van der Waals surface area (Å²) in [5, 5.41) is 7.42. The maximum Gasteiger partial charge on any atom is 0.416 e. The summed E-state index contributed by atoms with van der Waals surface area (Å²) in [7, 11) is 0. The molecule has 6 heteroatoms. The summed E-state index contributed by atoms with van der Waals surface area (Å²) in [6.45, 7) is 1.50. The Balaban J connectivity index is 1.71. The molecule has 1 aliphatic heterocycles. The van der Waals surface area contributed by atoms with Crippen LogP contribution in [0.25, 0.3) is 6.08 Å². The molecule has 0 spiro atoms. The van der Waals surface area contributed by atoms with E-state index in [4.69, 9.17) is 11.1 Å². The molecule has 2 aromatic carbocycles. The third-order valence-electron chi connectivity index (χ3n) is 4.57. The van der Waals surface area contributed by atoms with Gasteiger partial charge in [-0.15, -0.1) is 0 Å². The number of hydrogen-bond donors (Lipinski definition) is 2. The molecule has 1 heterocycles. The lowest BCUT2D eigenvalue weighted by atomic mass is 9.98. The Morgan fingerprint density at radius 2 is 1.62 bits per heavy atom. The molecule has 3 nitrogen and oxygen atoms in total. The van der Waals surface area contributed by atoms with Crippen LogP contribution in [-0.2, 0) is 6.18 Å². The Labute approximate surface area is 150 Å². The lowest BCUT2D eigenvalue weighted by Gasteiger charge is -2.30. The monoisotopic (exact) mass is 359 g/mol. The molecule has 0 amide bonds. The predicted octanol–water partition coefficient (Wildman–Crippen LogP) is 4.67. The Hall–Kier alpha value is -2.76. The van der Waals surface area contributed by atoms with Gasteiger partial charge < -0.3 is 10.6 Å². The van der Waals surface area contributed by atoms with Gasteiger partial charge in [0.2, 0.25) is 0 Å². The molecule has 2 aromatic rings. The average Bonchev–Trinajstić information content (AvgIpc) is 2.62. The van der Waals surface area contributed by atoms with E-state index in [2.05, 4.69) is 4.90 Å². The van der Waals surface area contributed by atoms with Crippen LogP contribution in [0.15, 0.2) is 54.1 Å². The zero-order chi connectivity index (χ0) is 18.7. The van der Waals surface area contributed by atoms with Crippen molar-refractivity contribution in [1.82, 2.24) is 0 Å². The number of rotatable bonds is 3. The highest BCUT2D eigenvalue weighted by Crippen LogP contribution is 2.34. The average molecular weight is 359 g/mol. The number of piperidine rings is 1. The number of nitrogen functional groups attached to an aromatic ring is 1. The number of anilines is 1. The van der Waals surface area contributed by atoms with Gasteiger partial charge in [-0.25, -0.2) is 0 Å². The SMILES string of the molecule is N=C(N)c1ccc(N2CCC(=Cc3ccccc3C(F)(F)F)CC2)cc1. The van der Waals surface area contributed by atoms with Gasteiger partial charge in [0, 0.05) is 24.3 Å². The first kappa shape index (κ1) is 18.0. The van der Waals surface area contributed by atoms with Crippen molar-refractivity contribution in [2.24, 2.45) is 5.73 Å². The first-order valence-corrected chi connectivity index (χ1v) is 8.39. The molecule has 0 unspecified atom stereocenters. The van der Waals surface area contributed by atoms with Gasteiger partial charge in [-0.1, -0.05) is 29.8 Å². The minimum Gasteiger partial charge on any atom is -0.384 e. The van der Waals surface area contributed by atoms with Crippen LogP contribution < -0.4 is 10.6 Å². The number of amidine groups is 1. The molecule has 3 rings (SSSR count). The van der Waals surface area contributed by atoms with Crippen LogP contribution in [0.5, 0.6) is 0 Å². The highest BCUT2D eigenvalue weighted by molar-refractivity contribution is 5.95. The maximum absolute atomic E-state index is 13.1. The van der Waals surface area contributed by atoms with Crippen molar-refractivity contribution in [1.29, 1.82) is 5.41 Å².